The third-order valence-corrected chi connectivity index (χ3v) is 5.22. The summed E-state index contributed by atoms with van der Waals surface area (Å²) in [6.45, 7) is -0.471. The number of hydrogen-bond donors (Lipinski definition) is 0. The Morgan fingerprint density at radius 1 is 1.12 bits per heavy atom. The molecule has 1 heterocycles. The Morgan fingerprint density at radius 3 is 2.61 bits per heavy atom. The van der Waals surface area contributed by atoms with E-state index in [1.54, 1.807) is 11.4 Å². The van der Waals surface area contributed by atoms with Gasteiger partial charge in [0.25, 0.3) is 5.91 Å². The number of halogens is 2. The molecule has 1 aromatic heterocycles. The Kier molecular flexibility index (Phi) is 8.43. The van der Waals surface area contributed by atoms with Gasteiger partial charge in [-0.3, -0.25) is 9.59 Å². The standard InChI is InChI=1S/C23H19F2N3O4S/c24-16-6-8-18(9-7-16)31-13-21-27-17(15-33-21)12-23(30)32-14-22(29)28(11-3-10-26)20-5-2-1-4-19(20)25/h1-2,4-9,15H,3,11-14H2. The zero-order valence-corrected chi connectivity index (χ0v) is 18.2. The van der Waals surface area contributed by atoms with E-state index >= 15 is 0 Å². The van der Waals surface area contributed by atoms with E-state index in [9.17, 15) is 18.4 Å². The fourth-order valence-corrected chi connectivity index (χ4v) is 3.51. The average molecular weight is 471 g/mol. The number of hydrogen-bond acceptors (Lipinski definition) is 7. The number of aromatic nitrogens is 1. The largest absolute Gasteiger partial charge is 0.486 e. The van der Waals surface area contributed by atoms with Crippen molar-refractivity contribution >= 4 is 28.9 Å². The molecule has 3 rings (SSSR count). The summed E-state index contributed by atoms with van der Waals surface area (Å²) in [4.78, 5) is 30.0. The van der Waals surface area contributed by atoms with Gasteiger partial charge in [0.05, 0.1) is 30.3 Å². The quantitative estimate of drug-likeness (QED) is 0.415. The van der Waals surface area contributed by atoms with Crippen molar-refractivity contribution in [1.82, 2.24) is 4.98 Å². The highest BCUT2D eigenvalue weighted by atomic mass is 32.1. The molecule has 0 spiro atoms. The summed E-state index contributed by atoms with van der Waals surface area (Å²) < 4.78 is 37.6. The first kappa shape index (κ1) is 23.8. The summed E-state index contributed by atoms with van der Waals surface area (Å²) in [6, 6.07) is 13.1. The Morgan fingerprint density at radius 2 is 1.88 bits per heavy atom. The topological polar surface area (TPSA) is 92.5 Å². The molecule has 1 amide bonds. The van der Waals surface area contributed by atoms with Gasteiger partial charge in [-0.05, 0) is 36.4 Å². The van der Waals surface area contributed by atoms with Crippen molar-refractivity contribution in [2.45, 2.75) is 19.4 Å². The van der Waals surface area contributed by atoms with Gasteiger partial charge in [0.1, 0.15) is 29.0 Å². The molecule has 0 bridgehead atoms. The minimum absolute atomic E-state index is 0.00435. The summed E-state index contributed by atoms with van der Waals surface area (Å²) in [5.41, 5.74) is 0.463. The van der Waals surface area contributed by atoms with Gasteiger partial charge in [0.15, 0.2) is 6.61 Å². The third-order valence-electron chi connectivity index (χ3n) is 4.35. The molecule has 0 atom stereocenters. The van der Waals surface area contributed by atoms with Crippen LogP contribution in [0.15, 0.2) is 53.9 Å². The van der Waals surface area contributed by atoms with Crippen molar-refractivity contribution < 1.29 is 27.8 Å². The van der Waals surface area contributed by atoms with Crippen LogP contribution in [0.3, 0.4) is 0 Å². The first-order chi connectivity index (χ1) is 16.0. The molecule has 0 saturated heterocycles. The van der Waals surface area contributed by atoms with Crippen molar-refractivity contribution in [3.63, 3.8) is 0 Å². The molecule has 7 nitrogen and oxygen atoms in total. The van der Waals surface area contributed by atoms with Crippen molar-refractivity contribution in [3.8, 4) is 11.8 Å². The van der Waals surface area contributed by atoms with Gasteiger partial charge in [-0.15, -0.1) is 11.3 Å². The number of benzene rings is 2. The van der Waals surface area contributed by atoms with Crippen LogP contribution >= 0.6 is 11.3 Å². The fraction of sp³-hybridized carbons (Fsp3) is 0.217. The molecular weight excluding hydrogens is 452 g/mol. The van der Waals surface area contributed by atoms with Crippen LogP contribution in [0.1, 0.15) is 17.1 Å². The smallest absolute Gasteiger partial charge is 0.312 e. The molecule has 0 aliphatic rings. The second kappa shape index (κ2) is 11.7. The molecule has 0 aliphatic carbocycles. The zero-order valence-electron chi connectivity index (χ0n) is 17.4. The minimum atomic E-state index is -0.673. The van der Waals surface area contributed by atoms with Crippen LogP contribution < -0.4 is 9.64 Å². The van der Waals surface area contributed by atoms with E-state index in [1.165, 1.54) is 53.8 Å². The van der Waals surface area contributed by atoms with Crippen molar-refractivity contribution in [1.29, 1.82) is 5.26 Å². The summed E-state index contributed by atoms with van der Waals surface area (Å²) in [5.74, 6) is -1.81. The number of amides is 1. The number of thiazole rings is 1. The molecular formula is C23H19F2N3O4S. The Labute approximate surface area is 192 Å². The summed E-state index contributed by atoms with van der Waals surface area (Å²) in [7, 11) is 0. The van der Waals surface area contributed by atoms with E-state index in [0.717, 1.165) is 4.90 Å². The van der Waals surface area contributed by atoms with Crippen LogP contribution in [0.2, 0.25) is 0 Å². The summed E-state index contributed by atoms with van der Waals surface area (Å²) in [5, 5.41) is 11.1. The van der Waals surface area contributed by atoms with Gasteiger partial charge >= 0.3 is 5.97 Å². The molecule has 0 unspecified atom stereocenters. The predicted octanol–water partition coefficient (Wildman–Crippen LogP) is 4.03. The molecule has 170 valence electrons. The molecule has 3 aromatic rings. The number of para-hydroxylation sites is 1. The van der Waals surface area contributed by atoms with E-state index in [2.05, 4.69) is 4.98 Å². The number of rotatable bonds is 10. The Hall–Kier alpha value is -3.84. The lowest BCUT2D eigenvalue weighted by atomic mass is 10.2. The van der Waals surface area contributed by atoms with Crippen molar-refractivity contribution in [3.05, 3.63) is 76.2 Å². The van der Waals surface area contributed by atoms with Crippen molar-refractivity contribution in [2.24, 2.45) is 0 Å². The molecule has 2 aromatic carbocycles. The number of esters is 1. The van der Waals surface area contributed by atoms with Gasteiger partial charge in [0, 0.05) is 11.9 Å². The van der Waals surface area contributed by atoms with Gasteiger partial charge < -0.3 is 14.4 Å². The molecule has 0 aliphatic heterocycles. The second-order valence-corrected chi connectivity index (χ2v) is 7.66. The third kappa shape index (κ3) is 7.08. The number of nitrogens with zero attached hydrogens (tertiary/aromatic N) is 3. The lowest BCUT2D eigenvalue weighted by molar-refractivity contribution is -0.147. The van der Waals surface area contributed by atoms with Crippen LogP contribution in [0.4, 0.5) is 14.5 Å². The average Bonchev–Trinajstić information content (AvgIpc) is 3.25. The normalized spacial score (nSPS) is 10.3. The van der Waals surface area contributed by atoms with Crippen molar-refractivity contribution in [2.75, 3.05) is 18.1 Å². The van der Waals surface area contributed by atoms with E-state index in [4.69, 9.17) is 14.7 Å². The maximum atomic E-state index is 14.1. The number of nitriles is 1. The maximum Gasteiger partial charge on any atom is 0.312 e. The van der Waals surface area contributed by atoms with Crippen LogP contribution in [0.5, 0.6) is 5.75 Å². The first-order valence-electron chi connectivity index (χ1n) is 9.85. The van der Waals surface area contributed by atoms with Crippen LogP contribution in [-0.4, -0.2) is 30.0 Å². The highest BCUT2D eigenvalue weighted by Gasteiger charge is 2.20. The van der Waals surface area contributed by atoms with E-state index in [1.807, 2.05) is 6.07 Å². The predicted molar refractivity (Wildman–Crippen MR) is 116 cm³/mol. The number of ether oxygens (including phenoxy) is 2. The van der Waals surface area contributed by atoms with Gasteiger partial charge in [0.2, 0.25) is 0 Å². The monoisotopic (exact) mass is 471 g/mol. The lowest BCUT2D eigenvalue weighted by Gasteiger charge is -2.22. The minimum Gasteiger partial charge on any atom is -0.486 e. The van der Waals surface area contributed by atoms with Crippen LogP contribution in [-0.2, 0) is 27.4 Å². The molecule has 0 saturated carbocycles. The first-order valence-corrected chi connectivity index (χ1v) is 10.7. The maximum absolute atomic E-state index is 14.1. The molecule has 0 N–H and O–H groups in total. The van der Waals surface area contributed by atoms with Gasteiger partial charge in [-0.2, -0.15) is 5.26 Å². The Balaban J connectivity index is 1.51. The van der Waals surface area contributed by atoms with E-state index in [0.29, 0.717) is 16.5 Å². The van der Waals surface area contributed by atoms with E-state index < -0.39 is 24.3 Å². The van der Waals surface area contributed by atoms with Gasteiger partial charge in [-0.25, -0.2) is 13.8 Å². The lowest BCUT2D eigenvalue weighted by Crippen LogP contribution is -2.36. The number of anilines is 1. The van der Waals surface area contributed by atoms with Crippen LogP contribution in [0.25, 0.3) is 0 Å². The molecule has 10 heteroatoms. The summed E-state index contributed by atoms with van der Waals surface area (Å²) in [6.07, 6.45) is -0.159. The fourth-order valence-electron chi connectivity index (χ4n) is 2.80. The highest BCUT2D eigenvalue weighted by Crippen LogP contribution is 2.20. The highest BCUT2D eigenvalue weighted by molar-refractivity contribution is 7.09. The van der Waals surface area contributed by atoms with E-state index in [-0.39, 0.29) is 37.5 Å². The number of carbonyl (C=O) groups is 2. The van der Waals surface area contributed by atoms with Gasteiger partial charge in [-0.1, -0.05) is 12.1 Å². The zero-order chi connectivity index (χ0) is 23.6. The summed E-state index contributed by atoms with van der Waals surface area (Å²) >= 11 is 1.29. The molecule has 0 fully saturated rings. The molecule has 33 heavy (non-hydrogen) atoms. The second-order valence-electron chi connectivity index (χ2n) is 6.72. The SMILES string of the molecule is N#CCCN(C(=O)COC(=O)Cc1csc(COc2ccc(F)cc2)n1)c1ccccc1F. The van der Waals surface area contributed by atoms with Crippen LogP contribution in [0, 0.1) is 23.0 Å². The Bertz CT molecular complexity index is 1150. The molecule has 0 radical (unpaired) electrons. The number of carbonyl (C=O) groups excluding carboxylic acids is 2.